The number of guanidine groups is 1. The predicted octanol–water partition coefficient (Wildman–Crippen LogP) is 1.94. The van der Waals surface area contributed by atoms with Crippen LogP contribution in [0, 0.1) is 0 Å². The van der Waals surface area contributed by atoms with Gasteiger partial charge in [-0.25, -0.2) is 4.98 Å². The van der Waals surface area contributed by atoms with Gasteiger partial charge in [-0.05, 0) is 37.6 Å². The summed E-state index contributed by atoms with van der Waals surface area (Å²) in [6, 6.07) is 8.01. The van der Waals surface area contributed by atoms with E-state index < -0.39 is 0 Å². The Morgan fingerprint density at radius 2 is 2.09 bits per heavy atom. The summed E-state index contributed by atoms with van der Waals surface area (Å²) in [4.78, 5) is 8.68. The minimum Gasteiger partial charge on any atom is -0.497 e. The van der Waals surface area contributed by atoms with E-state index in [1.165, 1.54) is 0 Å². The van der Waals surface area contributed by atoms with Crippen molar-refractivity contribution in [3.8, 4) is 17.1 Å². The summed E-state index contributed by atoms with van der Waals surface area (Å²) < 4.78 is 5.15. The Kier molecular flexibility index (Phi) is 5.96. The molecule has 0 aliphatic heterocycles. The van der Waals surface area contributed by atoms with E-state index in [0.717, 1.165) is 29.5 Å². The Hall–Kier alpha value is -2.57. The van der Waals surface area contributed by atoms with E-state index in [9.17, 15) is 0 Å². The number of benzene rings is 1. The van der Waals surface area contributed by atoms with Crippen LogP contribution in [0.5, 0.6) is 5.75 Å². The first kappa shape index (κ1) is 16.8. The van der Waals surface area contributed by atoms with Crippen molar-refractivity contribution < 1.29 is 4.74 Å². The van der Waals surface area contributed by atoms with Crippen LogP contribution in [0.25, 0.3) is 11.4 Å². The van der Waals surface area contributed by atoms with Crippen LogP contribution < -0.4 is 15.4 Å². The van der Waals surface area contributed by atoms with Gasteiger partial charge in [-0.3, -0.25) is 10.1 Å². The van der Waals surface area contributed by atoms with E-state index >= 15 is 0 Å². The van der Waals surface area contributed by atoms with Crippen LogP contribution in [0.1, 0.15) is 26.1 Å². The van der Waals surface area contributed by atoms with Crippen molar-refractivity contribution in [2.24, 2.45) is 4.99 Å². The van der Waals surface area contributed by atoms with Crippen LogP contribution in [-0.4, -0.2) is 41.3 Å². The van der Waals surface area contributed by atoms with E-state index in [1.54, 1.807) is 14.2 Å². The average molecular weight is 316 g/mol. The molecule has 0 spiro atoms. The van der Waals surface area contributed by atoms with Gasteiger partial charge < -0.3 is 15.4 Å². The number of nitrogens with one attached hydrogen (secondary N) is 3. The second-order valence-corrected chi connectivity index (χ2v) is 5.21. The summed E-state index contributed by atoms with van der Waals surface area (Å²) in [5.74, 6) is 2.98. The van der Waals surface area contributed by atoms with Crippen molar-refractivity contribution in [2.45, 2.75) is 32.9 Å². The quantitative estimate of drug-likeness (QED) is 0.560. The van der Waals surface area contributed by atoms with Gasteiger partial charge in [-0.2, -0.15) is 5.10 Å². The molecular weight excluding hydrogens is 292 g/mol. The van der Waals surface area contributed by atoms with Crippen molar-refractivity contribution in [2.75, 3.05) is 14.2 Å². The molecule has 2 rings (SSSR count). The first-order valence-electron chi connectivity index (χ1n) is 7.69. The molecule has 0 bridgehead atoms. The first-order valence-corrected chi connectivity index (χ1v) is 7.69. The number of hydrogen-bond acceptors (Lipinski definition) is 4. The van der Waals surface area contributed by atoms with Gasteiger partial charge in [0.2, 0.25) is 0 Å². The number of aliphatic imine (C=N–C) groups is 1. The third kappa shape index (κ3) is 4.70. The maximum absolute atomic E-state index is 5.15. The second-order valence-electron chi connectivity index (χ2n) is 5.21. The van der Waals surface area contributed by atoms with Crippen LogP contribution in [-0.2, 0) is 6.54 Å². The van der Waals surface area contributed by atoms with E-state index in [1.807, 2.05) is 24.3 Å². The topological polar surface area (TPSA) is 87.2 Å². The zero-order valence-electron chi connectivity index (χ0n) is 14.1. The smallest absolute Gasteiger partial charge is 0.191 e. The Bertz CT molecular complexity index is 634. The molecule has 3 N–H and O–H groups in total. The molecule has 0 fully saturated rings. The highest BCUT2D eigenvalue weighted by Crippen LogP contribution is 2.18. The molecule has 7 heteroatoms. The fourth-order valence-electron chi connectivity index (χ4n) is 1.94. The molecule has 0 radical (unpaired) electrons. The summed E-state index contributed by atoms with van der Waals surface area (Å²) >= 11 is 0. The van der Waals surface area contributed by atoms with E-state index in [4.69, 9.17) is 4.74 Å². The van der Waals surface area contributed by atoms with Gasteiger partial charge in [0.1, 0.15) is 11.6 Å². The minimum atomic E-state index is 0.366. The predicted molar refractivity (Wildman–Crippen MR) is 91.5 cm³/mol. The SMILES string of the molecule is CCC(C)NC(=NC)NCc1nc(-c2ccc(OC)cc2)n[nH]1. The Balaban J connectivity index is 1.96. The summed E-state index contributed by atoms with van der Waals surface area (Å²) in [6.45, 7) is 4.77. The molecule has 1 heterocycles. The number of rotatable bonds is 6. The molecule has 124 valence electrons. The number of aromatic amines is 1. The van der Waals surface area contributed by atoms with E-state index in [0.29, 0.717) is 18.4 Å². The fourth-order valence-corrected chi connectivity index (χ4v) is 1.94. The lowest BCUT2D eigenvalue weighted by Crippen LogP contribution is -2.41. The number of H-pyrrole nitrogens is 1. The van der Waals surface area contributed by atoms with Crippen LogP contribution in [0.4, 0.5) is 0 Å². The Morgan fingerprint density at radius 3 is 2.70 bits per heavy atom. The van der Waals surface area contributed by atoms with Gasteiger partial charge in [-0.15, -0.1) is 0 Å². The number of methoxy groups -OCH3 is 1. The standard InChI is InChI=1S/C16H24N6O/c1-5-11(2)19-16(17-3)18-10-14-20-15(22-21-14)12-6-8-13(23-4)9-7-12/h6-9,11H,5,10H2,1-4H3,(H2,17,18,19)(H,20,21,22). The van der Waals surface area contributed by atoms with E-state index in [-0.39, 0.29) is 0 Å². The molecule has 0 aliphatic carbocycles. The highest BCUT2D eigenvalue weighted by atomic mass is 16.5. The minimum absolute atomic E-state index is 0.366. The zero-order valence-corrected chi connectivity index (χ0v) is 14.1. The summed E-state index contributed by atoms with van der Waals surface area (Å²) in [5, 5.41) is 13.7. The lowest BCUT2D eigenvalue weighted by molar-refractivity contribution is 0.415. The molecule has 1 atom stereocenters. The molecule has 1 aromatic heterocycles. The third-order valence-electron chi connectivity index (χ3n) is 3.52. The van der Waals surface area contributed by atoms with Crippen molar-refractivity contribution in [3.63, 3.8) is 0 Å². The Morgan fingerprint density at radius 1 is 1.35 bits per heavy atom. The fraction of sp³-hybridized carbons (Fsp3) is 0.438. The van der Waals surface area contributed by atoms with Crippen LogP contribution in [0.3, 0.4) is 0 Å². The Labute approximate surface area is 136 Å². The van der Waals surface area contributed by atoms with Crippen molar-refractivity contribution in [1.82, 2.24) is 25.8 Å². The van der Waals surface area contributed by atoms with Gasteiger partial charge in [0.05, 0.1) is 13.7 Å². The van der Waals surface area contributed by atoms with Gasteiger partial charge in [0.15, 0.2) is 11.8 Å². The molecule has 1 unspecified atom stereocenters. The second kappa shape index (κ2) is 8.17. The summed E-state index contributed by atoms with van der Waals surface area (Å²) in [5.41, 5.74) is 0.940. The largest absolute Gasteiger partial charge is 0.497 e. The maximum Gasteiger partial charge on any atom is 0.191 e. The lowest BCUT2D eigenvalue weighted by atomic mass is 10.2. The molecule has 23 heavy (non-hydrogen) atoms. The zero-order chi connectivity index (χ0) is 16.7. The van der Waals surface area contributed by atoms with Crippen molar-refractivity contribution in [3.05, 3.63) is 30.1 Å². The monoisotopic (exact) mass is 316 g/mol. The highest BCUT2D eigenvalue weighted by Gasteiger charge is 2.08. The van der Waals surface area contributed by atoms with Crippen LogP contribution >= 0.6 is 0 Å². The van der Waals surface area contributed by atoms with Gasteiger partial charge in [0.25, 0.3) is 0 Å². The maximum atomic E-state index is 5.15. The molecule has 0 saturated carbocycles. The van der Waals surface area contributed by atoms with Gasteiger partial charge in [-0.1, -0.05) is 6.92 Å². The molecule has 0 aliphatic rings. The highest BCUT2D eigenvalue weighted by molar-refractivity contribution is 5.79. The summed E-state index contributed by atoms with van der Waals surface area (Å²) in [6.07, 6.45) is 1.03. The first-order chi connectivity index (χ1) is 11.2. The normalized spacial score (nSPS) is 12.8. The van der Waals surface area contributed by atoms with Crippen LogP contribution in [0.15, 0.2) is 29.3 Å². The molecule has 0 saturated heterocycles. The van der Waals surface area contributed by atoms with Crippen molar-refractivity contribution in [1.29, 1.82) is 0 Å². The molecule has 1 aromatic carbocycles. The molecule has 2 aromatic rings. The lowest BCUT2D eigenvalue weighted by Gasteiger charge is -2.15. The molecular formula is C16H24N6O. The third-order valence-corrected chi connectivity index (χ3v) is 3.52. The van der Waals surface area contributed by atoms with Crippen molar-refractivity contribution >= 4 is 5.96 Å². The summed E-state index contributed by atoms with van der Waals surface area (Å²) in [7, 11) is 3.40. The van der Waals surface area contributed by atoms with Gasteiger partial charge >= 0.3 is 0 Å². The van der Waals surface area contributed by atoms with Gasteiger partial charge in [0, 0.05) is 18.7 Å². The number of hydrogen-bond donors (Lipinski definition) is 3. The van der Waals surface area contributed by atoms with E-state index in [2.05, 4.69) is 44.7 Å². The number of nitrogens with zero attached hydrogens (tertiary/aromatic N) is 3. The molecule has 0 amide bonds. The number of aromatic nitrogens is 3. The van der Waals surface area contributed by atoms with Crippen LogP contribution in [0.2, 0.25) is 0 Å². The average Bonchev–Trinajstić information content (AvgIpc) is 3.07. The molecule has 7 nitrogen and oxygen atoms in total. The number of ether oxygens (including phenoxy) is 1.